The Kier molecular flexibility index (Phi) is 2.11. The Morgan fingerprint density at radius 3 is 3.33 bits per heavy atom. The van der Waals surface area contributed by atoms with Gasteiger partial charge < -0.3 is 4.74 Å². The second-order valence-corrected chi connectivity index (χ2v) is 2.48. The maximum atomic E-state index is 10.5. The number of alkyl halides is 1. The molecule has 0 bridgehead atoms. The molecule has 0 radical (unpaired) electrons. The van der Waals surface area contributed by atoms with Gasteiger partial charge in [0.15, 0.2) is 0 Å². The predicted octanol–water partition coefficient (Wildman–Crippen LogP) is 1.10. The first-order valence-electron chi connectivity index (χ1n) is 2.76. The SMILES string of the molecule is O=C1C=CCC(Cl)CO1. The van der Waals surface area contributed by atoms with Crippen LogP contribution in [0.4, 0.5) is 0 Å². The van der Waals surface area contributed by atoms with Gasteiger partial charge in [-0.1, -0.05) is 6.08 Å². The smallest absolute Gasteiger partial charge is 0.330 e. The summed E-state index contributed by atoms with van der Waals surface area (Å²) >= 11 is 5.66. The molecule has 0 saturated carbocycles. The topological polar surface area (TPSA) is 26.3 Å². The maximum Gasteiger partial charge on any atom is 0.330 e. The molecule has 3 heteroatoms. The average Bonchev–Trinajstić information content (AvgIpc) is 1.97. The Labute approximate surface area is 58.4 Å². The molecule has 50 valence electrons. The fraction of sp³-hybridized carbons (Fsp3) is 0.500. The number of ether oxygens (including phenoxy) is 1. The Bertz CT molecular complexity index is 142. The van der Waals surface area contributed by atoms with Gasteiger partial charge in [-0.25, -0.2) is 4.79 Å². The van der Waals surface area contributed by atoms with Crippen molar-refractivity contribution < 1.29 is 9.53 Å². The van der Waals surface area contributed by atoms with Gasteiger partial charge in [0.2, 0.25) is 0 Å². The molecule has 1 aliphatic rings. The zero-order valence-electron chi connectivity index (χ0n) is 4.84. The first-order valence-corrected chi connectivity index (χ1v) is 3.20. The quantitative estimate of drug-likeness (QED) is 0.378. The number of cyclic esters (lactones) is 1. The molecule has 0 saturated heterocycles. The zero-order chi connectivity index (χ0) is 6.69. The summed E-state index contributed by atoms with van der Waals surface area (Å²) in [5.74, 6) is -0.293. The zero-order valence-corrected chi connectivity index (χ0v) is 5.60. The molecular weight excluding hydrogens is 140 g/mol. The minimum Gasteiger partial charge on any atom is -0.461 e. The molecule has 0 N–H and O–H groups in total. The van der Waals surface area contributed by atoms with Crippen molar-refractivity contribution in [1.82, 2.24) is 0 Å². The van der Waals surface area contributed by atoms with Gasteiger partial charge in [0, 0.05) is 6.08 Å². The van der Waals surface area contributed by atoms with Gasteiger partial charge in [0.1, 0.15) is 6.61 Å². The second kappa shape index (κ2) is 2.87. The Hall–Kier alpha value is -0.500. The van der Waals surface area contributed by atoms with E-state index in [1.807, 2.05) is 0 Å². The van der Waals surface area contributed by atoms with Crippen LogP contribution in [0.2, 0.25) is 0 Å². The Balaban J connectivity index is 2.48. The van der Waals surface area contributed by atoms with Crippen molar-refractivity contribution in [3.8, 4) is 0 Å². The highest BCUT2D eigenvalue weighted by Crippen LogP contribution is 2.07. The van der Waals surface area contributed by atoms with E-state index in [0.29, 0.717) is 13.0 Å². The molecule has 1 rings (SSSR count). The van der Waals surface area contributed by atoms with Crippen LogP contribution in [0, 0.1) is 0 Å². The molecule has 9 heavy (non-hydrogen) atoms. The second-order valence-electron chi connectivity index (χ2n) is 1.87. The highest BCUT2D eigenvalue weighted by atomic mass is 35.5. The molecule has 0 aromatic heterocycles. The molecule has 0 aromatic carbocycles. The largest absolute Gasteiger partial charge is 0.461 e. The number of hydrogen-bond donors (Lipinski definition) is 0. The lowest BCUT2D eigenvalue weighted by Gasteiger charge is -2.01. The van der Waals surface area contributed by atoms with E-state index in [0.717, 1.165) is 0 Å². The average molecular weight is 147 g/mol. The third-order valence-corrected chi connectivity index (χ3v) is 1.36. The summed E-state index contributed by atoms with van der Waals surface area (Å²) in [6.45, 7) is 0.327. The van der Waals surface area contributed by atoms with Crippen LogP contribution < -0.4 is 0 Å². The van der Waals surface area contributed by atoms with Gasteiger partial charge in [-0.05, 0) is 6.42 Å². The van der Waals surface area contributed by atoms with Gasteiger partial charge >= 0.3 is 5.97 Å². The minimum absolute atomic E-state index is 0.0484. The van der Waals surface area contributed by atoms with Crippen LogP contribution >= 0.6 is 11.6 Å². The van der Waals surface area contributed by atoms with Crippen molar-refractivity contribution in [2.24, 2.45) is 0 Å². The van der Waals surface area contributed by atoms with Gasteiger partial charge in [0.25, 0.3) is 0 Å². The van der Waals surface area contributed by atoms with Crippen molar-refractivity contribution >= 4 is 17.6 Å². The van der Waals surface area contributed by atoms with Crippen LogP contribution in [-0.4, -0.2) is 18.0 Å². The number of carbonyl (C=O) groups excluding carboxylic acids is 1. The van der Waals surface area contributed by atoms with E-state index >= 15 is 0 Å². The van der Waals surface area contributed by atoms with Crippen molar-refractivity contribution in [3.05, 3.63) is 12.2 Å². The summed E-state index contributed by atoms with van der Waals surface area (Å²) in [5.41, 5.74) is 0. The Morgan fingerprint density at radius 2 is 2.56 bits per heavy atom. The number of hydrogen-bond acceptors (Lipinski definition) is 2. The molecular formula is C6H7ClO2. The molecule has 0 amide bonds. The van der Waals surface area contributed by atoms with Crippen LogP contribution in [0.3, 0.4) is 0 Å². The van der Waals surface area contributed by atoms with Gasteiger partial charge in [-0.2, -0.15) is 0 Å². The normalized spacial score (nSPS) is 27.2. The van der Waals surface area contributed by atoms with E-state index in [9.17, 15) is 4.79 Å². The summed E-state index contributed by atoms with van der Waals surface area (Å²) in [6, 6.07) is 0. The van der Waals surface area contributed by atoms with Crippen LogP contribution in [-0.2, 0) is 9.53 Å². The van der Waals surface area contributed by atoms with Crippen molar-refractivity contribution in [1.29, 1.82) is 0 Å². The number of carbonyl (C=O) groups is 1. The van der Waals surface area contributed by atoms with E-state index in [2.05, 4.69) is 4.74 Å². The van der Waals surface area contributed by atoms with Crippen molar-refractivity contribution in [2.75, 3.05) is 6.61 Å². The van der Waals surface area contributed by atoms with Gasteiger partial charge in [-0.3, -0.25) is 0 Å². The van der Waals surface area contributed by atoms with E-state index < -0.39 is 0 Å². The van der Waals surface area contributed by atoms with E-state index in [-0.39, 0.29) is 11.3 Å². The van der Waals surface area contributed by atoms with E-state index in [1.54, 1.807) is 6.08 Å². The maximum absolute atomic E-state index is 10.5. The molecule has 2 nitrogen and oxygen atoms in total. The van der Waals surface area contributed by atoms with Crippen LogP contribution in [0.15, 0.2) is 12.2 Å². The van der Waals surface area contributed by atoms with Crippen LogP contribution in [0.1, 0.15) is 6.42 Å². The lowest BCUT2D eigenvalue weighted by atomic mass is 10.3. The van der Waals surface area contributed by atoms with Gasteiger partial charge in [0.05, 0.1) is 5.38 Å². The van der Waals surface area contributed by atoms with Crippen LogP contribution in [0.5, 0.6) is 0 Å². The fourth-order valence-corrected chi connectivity index (χ4v) is 0.766. The molecule has 1 aliphatic heterocycles. The number of halogens is 1. The number of rotatable bonds is 0. The molecule has 1 heterocycles. The first-order chi connectivity index (χ1) is 4.29. The molecule has 1 atom stereocenters. The van der Waals surface area contributed by atoms with E-state index in [1.165, 1.54) is 6.08 Å². The summed E-state index contributed by atoms with van der Waals surface area (Å²) in [6.07, 6.45) is 3.85. The van der Waals surface area contributed by atoms with Crippen LogP contribution in [0.25, 0.3) is 0 Å². The number of allylic oxidation sites excluding steroid dienone is 1. The number of esters is 1. The van der Waals surface area contributed by atoms with E-state index in [4.69, 9.17) is 11.6 Å². The standard InChI is InChI=1S/C6H7ClO2/c7-5-2-1-3-6(8)9-4-5/h1,3,5H,2,4H2. The third-order valence-electron chi connectivity index (χ3n) is 1.05. The Morgan fingerprint density at radius 1 is 1.78 bits per heavy atom. The molecule has 1 unspecified atom stereocenters. The van der Waals surface area contributed by atoms with Gasteiger partial charge in [-0.15, -0.1) is 11.6 Å². The molecule has 0 aliphatic carbocycles. The summed E-state index contributed by atoms with van der Waals surface area (Å²) < 4.78 is 4.66. The summed E-state index contributed by atoms with van der Waals surface area (Å²) in [5, 5.41) is -0.0484. The first kappa shape index (κ1) is 6.62. The lowest BCUT2D eigenvalue weighted by Crippen LogP contribution is -2.08. The molecule has 0 spiro atoms. The highest BCUT2D eigenvalue weighted by Gasteiger charge is 2.08. The van der Waals surface area contributed by atoms with Crippen molar-refractivity contribution in [3.63, 3.8) is 0 Å². The fourth-order valence-electron chi connectivity index (χ4n) is 0.601. The highest BCUT2D eigenvalue weighted by molar-refractivity contribution is 6.21. The monoisotopic (exact) mass is 146 g/mol. The summed E-state index contributed by atoms with van der Waals surface area (Å²) in [4.78, 5) is 10.5. The minimum atomic E-state index is -0.293. The molecule has 0 fully saturated rings. The van der Waals surface area contributed by atoms with Crippen molar-refractivity contribution in [2.45, 2.75) is 11.8 Å². The molecule has 0 aromatic rings. The third kappa shape index (κ3) is 2.06. The predicted molar refractivity (Wildman–Crippen MR) is 34.4 cm³/mol. The lowest BCUT2D eigenvalue weighted by molar-refractivity contribution is -0.137. The summed E-state index contributed by atoms with van der Waals surface area (Å²) in [7, 11) is 0.